The number of carbonyl (C=O) groups is 1. The van der Waals surface area contributed by atoms with E-state index in [-0.39, 0.29) is 16.8 Å². The van der Waals surface area contributed by atoms with E-state index in [0.717, 1.165) is 24.2 Å². The van der Waals surface area contributed by atoms with Crippen molar-refractivity contribution in [3.63, 3.8) is 0 Å². The Morgan fingerprint density at radius 2 is 2.28 bits per heavy atom. The molecule has 0 bridgehead atoms. The Morgan fingerprint density at radius 3 is 2.72 bits per heavy atom. The monoisotopic (exact) mass is 289 g/mol. The van der Waals surface area contributed by atoms with Gasteiger partial charge in [0.2, 0.25) is 0 Å². The van der Waals surface area contributed by atoms with Crippen molar-refractivity contribution in [1.29, 1.82) is 0 Å². The third-order valence-electron chi connectivity index (χ3n) is 2.89. The first kappa shape index (κ1) is 13.5. The lowest BCUT2D eigenvalue weighted by Crippen LogP contribution is -2.38. The molecule has 0 amide bonds. The highest BCUT2D eigenvalue weighted by atomic mass is 32.2. The third kappa shape index (κ3) is 2.73. The van der Waals surface area contributed by atoms with Crippen LogP contribution in [0.2, 0.25) is 0 Å². The average Bonchev–Trinajstić information content (AvgIpc) is 2.97. The van der Waals surface area contributed by atoms with Gasteiger partial charge < -0.3 is 5.11 Å². The van der Waals surface area contributed by atoms with E-state index in [1.807, 2.05) is 0 Å². The lowest BCUT2D eigenvalue weighted by atomic mass is 10.2. The van der Waals surface area contributed by atoms with Crippen molar-refractivity contribution < 1.29 is 18.3 Å². The number of aliphatic carboxylic acids is 1. The molecule has 1 N–H and O–H groups in total. The summed E-state index contributed by atoms with van der Waals surface area (Å²) in [5.74, 6) is -1.66. The second-order valence-electron chi connectivity index (χ2n) is 4.48. The summed E-state index contributed by atoms with van der Waals surface area (Å²) in [4.78, 5) is 10.9. The van der Waals surface area contributed by atoms with E-state index in [1.54, 1.807) is 17.5 Å². The normalized spacial score (nSPS) is 17.9. The van der Waals surface area contributed by atoms with Crippen LogP contribution in [0.25, 0.3) is 0 Å². The second kappa shape index (κ2) is 4.99. The van der Waals surface area contributed by atoms with Gasteiger partial charge in [-0.25, -0.2) is 8.42 Å². The van der Waals surface area contributed by atoms with Crippen LogP contribution in [-0.4, -0.2) is 36.4 Å². The summed E-state index contributed by atoms with van der Waals surface area (Å²) < 4.78 is 26.4. The van der Waals surface area contributed by atoms with Crippen LogP contribution < -0.4 is 0 Å². The minimum Gasteiger partial charge on any atom is -0.481 e. The van der Waals surface area contributed by atoms with Crippen LogP contribution in [0.15, 0.2) is 21.7 Å². The number of hydrogen-bond donors (Lipinski definition) is 1. The molecule has 100 valence electrons. The van der Waals surface area contributed by atoms with Crippen molar-refractivity contribution >= 4 is 27.3 Å². The van der Waals surface area contributed by atoms with Gasteiger partial charge in [-0.15, -0.1) is 11.3 Å². The van der Waals surface area contributed by atoms with Gasteiger partial charge >= 0.3 is 5.97 Å². The van der Waals surface area contributed by atoms with Crippen molar-refractivity contribution in [3.8, 4) is 0 Å². The molecule has 18 heavy (non-hydrogen) atoms. The molecule has 1 aromatic heterocycles. The highest BCUT2D eigenvalue weighted by Crippen LogP contribution is 2.33. The van der Waals surface area contributed by atoms with Crippen LogP contribution in [0, 0.1) is 5.92 Å². The van der Waals surface area contributed by atoms with E-state index in [4.69, 9.17) is 5.11 Å². The lowest BCUT2D eigenvalue weighted by molar-refractivity contribution is -0.141. The summed E-state index contributed by atoms with van der Waals surface area (Å²) in [6, 6.07) is 3.21. The molecule has 0 radical (unpaired) electrons. The Kier molecular flexibility index (Phi) is 3.74. The highest BCUT2D eigenvalue weighted by molar-refractivity contribution is 7.91. The van der Waals surface area contributed by atoms with Gasteiger partial charge in [0.15, 0.2) is 0 Å². The fraction of sp³-hybridized carbons (Fsp3) is 0.545. The summed E-state index contributed by atoms with van der Waals surface area (Å²) in [5, 5.41) is 10.6. The standard InChI is InChI=1S/C11H15NO4S2/c1-8(11(13)14)7-12(9-4-5-9)18(15,16)10-3-2-6-17-10/h2-3,6,8-9H,4-5,7H2,1H3,(H,13,14). The van der Waals surface area contributed by atoms with Gasteiger partial charge in [0.25, 0.3) is 10.0 Å². The number of rotatable bonds is 6. The zero-order chi connectivity index (χ0) is 13.3. The Hall–Kier alpha value is -0.920. The van der Waals surface area contributed by atoms with Crippen molar-refractivity contribution in [2.24, 2.45) is 5.92 Å². The first-order chi connectivity index (χ1) is 8.43. The zero-order valence-electron chi connectivity index (χ0n) is 9.94. The zero-order valence-corrected chi connectivity index (χ0v) is 11.6. The van der Waals surface area contributed by atoms with Gasteiger partial charge in [-0.2, -0.15) is 4.31 Å². The topological polar surface area (TPSA) is 74.7 Å². The van der Waals surface area contributed by atoms with Gasteiger partial charge in [-0.3, -0.25) is 4.79 Å². The predicted octanol–water partition coefficient (Wildman–Crippen LogP) is 1.62. The van der Waals surface area contributed by atoms with Gasteiger partial charge in [0, 0.05) is 12.6 Å². The second-order valence-corrected chi connectivity index (χ2v) is 7.54. The molecular formula is C11H15NO4S2. The minimum atomic E-state index is -3.53. The maximum atomic E-state index is 12.4. The molecule has 0 aromatic carbocycles. The summed E-state index contributed by atoms with van der Waals surface area (Å²) in [6.07, 6.45) is 1.63. The average molecular weight is 289 g/mol. The molecule has 5 nitrogen and oxygen atoms in total. The molecule has 0 saturated heterocycles. The smallest absolute Gasteiger partial charge is 0.307 e. The van der Waals surface area contributed by atoms with E-state index in [1.165, 1.54) is 11.2 Å². The van der Waals surface area contributed by atoms with Gasteiger partial charge in [0.1, 0.15) is 4.21 Å². The van der Waals surface area contributed by atoms with Gasteiger partial charge in [0.05, 0.1) is 5.92 Å². The number of carboxylic acid groups (broad SMARTS) is 1. The predicted molar refractivity (Wildman–Crippen MR) is 68.0 cm³/mol. The van der Waals surface area contributed by atoms with E-state index in [9.17, 15) is 13.2 Å². The van der Waals surface area contributed by atoms with Gasteiger partial charge in [-0.05, 0) is 24.3 Å². The van der Waals surface area contributed by atoms with Crippen LogP contribution in [0.1, 0.15) is 19.8 Å². The number of hydrogen-bond acceptors (Lipinski definition) is 4. The van der Waals surface area contributed by atoms with Crippen molar-refractivity contribution in [1.82, 2.24) is 4.31 Å². The van der Waals surface area contributed by atoms with E-state index >= 15 is 0 Å². The number of carboxylic acids is 1. The number of nitrogens with zero attached hydrogens (tertiary/aromatic N) is 1. The minimum absolute atomic E-state index is 0.0288. The van der Waals surface area contributed by atoms with Crippen molar-refractivity contribution in [2.75, 3.05) is 6.54 Å². The Balaban J connectivity index is 2.23. The lowest BCUT2D eigenvalue weighted by Gasteiger charge is -2.22. The van der Waals surface area contributed by atoms with Crippen LogP contribution in [0.3, 0.4) is 0 Å². The molecular weight excluding hydrogens is 274 g/mol. The van der Waals surface area contributed by atoms with Crippen molar-refractivity contribution in [2.45, 2.75) is 30.0 Å². The Bertz CT molecular complexity index is 519. The quantitative estimate of drug-likeness (QED) is 0.863. The number of thiophene rings is 1. The first-order valence-electron chi connectivity index (χ1n) is 5.71. The van der Waals surface area contributed by atoms with E-state index in [2.05, 4.69) is 0 Å². The molecule has 7 heteroatoms. The molecule has 1 aliphatic rings. The van der Waals surface area contributed by atoms with Crippen LogP contribution >= 0.6 is 11.3 Å². The molecule has 0 spiro atoms. The highest BCUT2D eigenvalue weighted by Gasteiger charge is 2.39. The summed E-state index contributed by atoms with van der Waals surface area (Å²) in [7, 11) is -3.53. The fourth-order valence-electron chi connectivity index (χ4n) is 1.68. The summed E-state index contributed by atoms with van der Waals surface area (Å²) in [5.41, 5.74) is 0. The fourth-order valence-corrected chi connectivity index (χ4v) is 4.57. The molecule has 1 fully saturated rings. The van der Waals surface area contributed by atoms with Crippen LogP contribution in [-0.2, 0) is 14.8 Å². The largest absolute Gasteiger partial charge is 0.481 e. The van der Waals surface area contributed by atoms with E-state index in [0.29, 0.717) is 0 Å². The molecule has 1 saturated carbocycles. The molecule has 1 unspecified atom stereocenters. The van der Waals surface area contributed by atoms with Gasteiger partial charge in [-0.1, -0.05) is 13.0 Å². The van der Waals surface area contributed by atoms with Crippen LogP contribution in [0.5, 0.6) is 0 Å². The molecule has 2 rings (SSSR count). The maximum absolute atomic E-state index is 12.4. The first-order valence-corrected chi connectivity index (χ1v) is 8.03. The SMILES string of the molecule is CC(CN(C1CC1)S(=O)(=O)c1cccs1)C(=O)O. The summed E-state index contributed by atoms with van der Waals surface area (Å²) in [6.45, 7) is 1.57. The Labute approximate surface area is 110 Å². The van der Waals surface area contributed by atoms with E-state index < -0.39 is 21.9 Å². The maximum Gasteiger partial charge on any atom is 0.307 e. The molecule has 0 aliphatic heterocycles. The molecule has 1 atom stereocenters. The summed E-state index contributed by atoms with van der Waals surface area (Å²) >= 11 is 1.16. The molecule has 1 heterocycles. The molecule has 1 aromatic rings. The molecule has 1 aliphatic carbocycles. The van der Waals surface area contributed by atoms with Crippen molar-refractivity contribution in [3.05, 3.63) is 17.5 Å². The Morgan fingerprint density at radius 1 is 1.61 bits per heavy atom. The third-order valence-corrected chi connectivity index (χ3v) is 6.18. The number of sulfonamides is 1. The van der Waals surface area contributed by atoms with Crippen LogP contribution in [0.4, 0.5) is 0 Å².